The Morgan fingerprint density at radius 2 is 1.94 bits per heavy atom. The molecule has 0 atom stereocenters. The van der Waals surface area contributed by atoms with E-state index in [0.717, 1.165) is 37.8 Å². The number of aromatic nitrogens is 2. The molecule has 1 saturated carbocycles. The lowest BCUT2D eigenvalue weighted by molar-refractivity contribution is 0.0707. The fourth-order valence-corrected chi connectivity index (χ4v) is 4.75. The molecule has 0 spiro atoms. The number of hydrogen-bond acceptors (Lipinski definition) is 5. The summed E-state index contributed by atoms with van der Waals surface area (Å²) in [7, 11) is 5.33. The molecule has 2 heterocycles. The molecule has 1 saturated heterocycles. The Balaban J connectivity index is 1.44. The first-order valence-electron chi connectivity index (χ1n) is 11.4. The summed E-state index contributed by atoms with van der Waals surface area (Å²) in [6, 6.07) is 6.27. The average Bonchev–Trinajstić information content (AvgIpc) is 3.46. The first-order valence-corrected chi connectivity index (χ1v) is 11.4. The predicted octanol–water partition coefficient (Wildman–Crippen LogP) is 3.49. The van der Waals surface area contributed by atoms with E-state index < -0.39 is 0 Å². The van der Waals surface area contributed by atoms with Crippen molar-refractivity contribution >= 4 is 5.91 Å². The van der Waals surface area contributed by atoms with E-state index in [0.29, 0.717) is 23.6 Å². The van der Waals surface area contributed by atoms with Gasteiger partial charge in [-0.25, -0.2) is 4.98 Å². The second-order valence-electron chi connectivity index (χ2n) is 8.77. The molecule has 31 heavy (non-hydrogen) atoms. The molecule has 1 aliphatic carbocycles. The monoisotopic (exact) mass is 426 g/mol. The highest BCUT2D eigenvalue weighted by Crippen LogP contribution is 2.30. The molecule has 7 nitrogen and oxygen atoms in total. The van der Waals surface area contributed by atoms with Crippen LogP contribution in [-0.4, -0.2) is 64.7 Å². The van der Waals surface area contributed by atoms with Crippen molar-refractivity contribution in [2.24, 2.45) is 7.05 Å². The van der Waals surface area contributed by atoms with Crippen LogP contribution in [0.25, 0.3) is 0 Å². The van der Waals surface area contributed by atoms with Crippen LogP contribution in [0.4, 0.5) is 0 Å². The normalized spacial score (nSPS) is 18.3. The van der Waals surface area contributed by atoms with E-state index >= 15 is 0 Å². The van der Waals surface area contributed by atoms with Crippen LogP contribution in [0.1, 0.15) is 54.7 Å². The molecule has 168 valence electrons. The second kappa shape index (κ2) is 9.73. The summed E-state index contributed by atoms with van der Waals surface area (Å²) in [5.41, 5.74) is 0.536. The third-order valence-electron chi connectivity index (χ3n) is 6.67. The molecular formula is C24H34N4O3. The molecule has 0 radical (unpaired) electrons. The Morgan fingerprint density at radius 3 is 2.58 bits per heavy atom. The van der Waals surface area contributed by atoms with Crippen molar-refractivity contribution in [3.8, 4) is 11.5 Å². The molecule has 1 amide bonds. The van der Waals surface area contributed by atoms with Crippen molar-refractivity contribution in [2.75, 3.05) is 27.2 Å². The number of nitrogens with zero attached hydrogens (tertiary/aromatic N) is 4. The maximum Gasteiger partial charge on any atom is 0.257 e. The van der Waals surface area contributed by atoms with E-state index in [1.807, 2.05) is 29.9 Å². The molecule has 0 N–H and O–H groups in total. The number of likely N-dealkylation sites (tertiary alicyclic amines) is 1. The number of rotatable bonds is 7. The van der Waals surface area contributed by atoms with Crippen LogP contribution in [-0.2, 0) is 13.6 Å². The Morgan fingerprint density at radius 1 is 1.19 bits per heavy atom. The van der Waals surface area contributed by atoms with E-state index in [1.165, 1.54) is 25.7 Å². The molecule has 0 bridgehead atoms. The zero-order chi connectivity index (χ0) is 21.8. The van der Waals surface area contributed by atoms with Crippen molar-refractivity contribution in [1.82, 2.24) is 19.4 Å². The van der Waals surface area contributed by atoms with Gasteiger partial charge in [0.25, 0.3) is 5.91 Å². The van der Waals surface area contributed by atoms with Gasteiger partial charge in [-0.3, -0.25) is 4.79 Å². The van der Waals surface area contributed by atoms with Gasteiger partial charge in [-0.05, 0) is 43.9 Å². The van der Waals surface area contributed by atoms with Gasteiger partial charge in [-0.1, -0.05) is 12.8 Å². The number of piperidine rings is 1. The molecule has 4 rings (SSSR count). The Bertz CT molecular complexity index is 883. The largest absolute Gasteiger partial charge is 0.497 e. The van der Waals surface area contributed by atoms with Crippen LogP contribution in [0.2, 0.25) is 0 Å². The first-order chi connectivity index (χ1) is 15.0. The average molecular weight is 427 g/mol. The number of benzene rings is 1. The Kier molecular flexibility index (Phi) is 6.80. The number of aryl methyl sites for hydroxylation is 1. The molecular weight excluding hydrogens is 392 g/mol. The van der Waals surface area contributed by atoms with Gasteiger partial charge < -0.3 is 23.8 Å². The van der Waals surface area contributed by atoms with Crippen molar-refractivity contribution in [3.63, 3.8) is 0 Å². The van der Waals surface area contributed by atoms with Crippen LogP contribution in [0.5, 0.6) is 11.5 Å². The van der Waals surface area contributed by atoms with E-state index in [9.17, 15) is 4.79 Å². The fourth-order valence-electron chi connectivity index (χ4n) is 4.75. The molecule has 7 heteroatoms. The quantitative estimate of drug-likeness (QED) is 0.678. The van der Waals surface area contributed by atoms with E-state index in [4.69, 9.17) is 9.47 Å². The summed E-state index contributed by atoms with van der Waals surface area (Å²) < 4.78 is 13.7. The lowest BCUT2D eigenvalue weighted by Gasteiger charge is -2.36. The number of carbonyl (C=O) groups is 1. The van der Waals surface area contributed by atoms with Gasteiger partial charge >= 0.3 is 0 Å². The number of carbonyl (C=O) groups excluding carboxylic acids is 1. The maximum atomic E-state index is 13.3. The lowest BCUT2D eigenvalue weighted by Crippen LogP contribution is -2.43. The van der Waals surface area contributed by atoms with Gasteiger partial charge in [-0.15, -0.1) is 0 Å². The summed E-state index contributed by atoms with van der Waals surface area (Å²) in [5, 5.41) is 0. The van der Waals surface area contributed by atoms with E-state index in [1.54, 1.807) is 31.3 Å². The van der Waals surface area contributed by atoms with E-state index in [2.05, 4.69) is 9.88 Å². The zero-order valence-corrected chi connectivity index (χ0v) is 18.9. The Labute approximate surface area is 184 Å². The van der Waals surface area contributed by atoms with Crippen molar-refractivity contribution in [2.45, 2.75) is 57.2 Å². The molecule has 2 fully saturated rings. The van der Waals surface area contributed by atoms with Crippen molar-refractivity contribution < 1.29 is 14.3 Å². The number of methoxy groups -OCH3 is 1. The fraction of sp³-hybridized carbons (Fsp3) is 0.583. The van der Waals surface area contributed by atoms with Crippen molar-refractivity contribution in [1.29, 1.82) is 0 Å². The predicted molar refractivity (Wildman–Crippen MR) is 119 cm³/mol. The second-order valence-corrected chi connectivity index (χ2v) is 8.77. The minimum absolute atomic E-state index is 0.0970. The number of amides is 1. The molecule has 2 aromatic rings. The summed E-state index contributed by atoms with van der Waals surface area (Å²) in [5.74, 6) is 2.02. The van der Waals surface area contributed by atoms with Gasteiger partial charge in [0, 0.05) is 45.6 Å². The SMILES string of the molecule is COc1ccc(OC2CCN(C3CCCC3)CC2)c(C(=O)N(C)Cc2nccn2C)c1. The van der Waals surface area contributed by atoms with Crippen LogP contribution in [0.3, 0.4) is 0 Å². The van der Waals surface area contributed by atoms with Gasteiger partial charge in [-0.2, -0.15) is 0 Å². The standard InChI is InChI=1S/C24H34N4O3/c1-26-15-12-25-23(26)17-27(2)24(29)21-16-20(30-3)8-9-22(21)31-19-10-13-28(14-11-19)18-6-4-5-7-18/h8-9,12,15-16,18-19H,4-7,10-11,13-14,17H2,1-3H3. The molecule has 1 aliphatic heterocycles. The van der Waals surface area contributed by atoms with Crippen LogP contribution in [0, 0.1) is 0 Å². The van der Waals surface area contributed by atoms with Crippen LogP contribution >= 0.6 is 0 Å². The maximum absolute atomic E-state index is 13.3. The van der Waals surface area contributed by atoms with E-state index in [-0.39, 0.29) is 12.0 Å². The van der Waals surface area contributed by atoms with Gasteiger partial charge in [0.1, 0.15) is 23.4 Å². The third kappa shape index (κ3) is 5.03. The summed E-state index contributed by atoms with van der Waals surface area (Å²) in [4.78, 5) is 21.9. The minimum Gasteiger partial charge on any atom is -0.497 e. The molecule has 1 aromatic carbocycles. The third-order valence-corrected chi connectivity index (χ3v) is 6.67. The first kappa shape index (κ1) is 21.7. The zero-order valence-electron chi connectivity index (χ0n) is 18.9. The summed E-state index contributed by atoms with van der Waals surface area (Å²) in [6.07, 6.45) is 11.2. The molecule has 1 aromatic heterocycles. The number of ether oxygens (including phenoxy) is 2. The van der Waals surface area contributed by atoms with Crippen LogP contribution in [0.15, 0.2) is 30.6 Å². The summed E-state index contributed by atoms with van der Waals surface area (Å²) in [6.45, 7) is 2.58. The minimum atomic E-state index is -0.0970. The highest BCUT2D eigenvalue weighted by atomic mass is 16.5. The number of imidazole rings is 1. The lowest BCUT2D eigenvalue weighted by atomic mass is 10.0. The van der Waals surface area contributed by atoms with Gasteiger partial charge in [0.2, 0.25) is 0 Å². The Hall–Kier alpha value is -2.54. The highest BCUT2D eigenvalue weighted by Gasteiger charge is 2.29. The van der Waals surface area contributed by atoms with Gasteiger partial charge in [0.05, 0.1) is 19.2 Å². The molecule has 0 unspecified atom stereocenters. The molecule has 2 aliphatic rings. The van der Waals surface area contributed by atoms with Crippen molar-refractivity contribution in [3.05, 3.63) is 42.0 Å². The summed E-state index contributed by atoms with van der Waals surface area (Å²) >= 11 is 0. The number of hydrogen-bond donors (Lipinski definition) is 0. The smallest absolute Gasteiger partial charge is 0.257 e. The topological polar surface area (TPSA) is 59.8 Å². The van der Waals surface area contributed by atoms with Gasteiger partial charge in [0.15, 0.2) is 0 Å². The van der Waals surface area contributed by atoms with Crippen LogP contribution < -0.4 is 9.47 Å². The highest BCUT2D eigenvalue weighted by molar-refractivity contribution is 5.97.